The van der Waals surface area contributed by atoms with Gasteiger partial charge in [-0.15, -0.1) is 0 Å². The van der Waals surface area contributed by atoms with E-state index in [2.05, 4.69) is 11.4 Å². The number of carbonyl (C=O) groups is 3. The highest BCUT2D eigenvalue weighted by atomic mass is 16.5. The van der Waals surface area contributed by atoms with Crippen LogP contribution in [-0.2, 0) is 9.59 Å². The number of hydrogen-bond donors (Lipinski definition) is 1. The van der Waals surface area contributed by atoms with E-state index < -0.39 is 18.0 Å². The zero-order chi connectivity index (χ0) is 25.5. The van der Waals surface area contributed by atoms with Crippen LogP contribution in [-0.4, -0.2) is 49.0 Å². The Morgan fingerprint density at radius 2 is 1.75 bits per heavy atom. The molecule has 1 N–H and O–H groups in total. The van der Waals surface area contributed by atoms with E-state index in [4.69, 9.17) is 9.47 Å². The maximum Gasteiger partial charge on any atom is 0.332 e. The van der Waals surface area contributed by atoms with Gasteiger partial charge in [0.2, 0.25) is 5.91 Å². The molecule has 8 nitrogen and oxygen atoms in total. The third-order valence-electron chi connectivity index (χ3n) is 6.54. The number of nitrogens with zero attached hydrogens (tertiary/aromatic N) is 2. The number of methoxy groups -OCH3 is 1. The van der Waals surface area contributed by atoms with Crippen molar-refractivity contribution in [2.24, 2.45) is 0 Å². The van der Waals surface area contributed by atoms with Crippen molar-refractivity contribution in [3.8, 4) is 11.5 Å². The number of anilines is 2. The molecule has 1 aliphatic carbocycles. The summed E-state index contributed by atoms with van der Waals surface area (Å²) in [5.74, 6) is 0.615. The van der Waals surface area contributed by atoms with E-state index in [9.17, 15) is 14.4 Å². The monoisotopic (exact) mass is 491 g/mol. The topological polar surface area (TPSA) is 88.2 Å². The molecule has 4 amide bonds. The molecular formula is C28H33N3O5. The third kappa shape index (κ3) is 5.87. The van der Waals surface area contributed by atoms with E-state index in [0.29, 0.717) is 42.4 Å². The van der Waals surface area contributed by atoms with Crippen LogP contribution >= 0.6 is 0 Å². The summed E-state index contributed by atoms with van der Waals surface area (Å²) in [7, 11) is 1.56. The number of imide groups is 1. The minimum Gasteiger partial charge on any atom is -0.497 e. The standard InChI is InChI=1S/C28H33N3O5/c1-3-36-24-13-9-21(10-14-24)29-26(32)19-25-27(33)31(22-11-15-23(35-2)16-12-22)28(34)30(25)18-17-20-7-5-4-6-8-20/h7,9-16,25H,3-6,8,17-19H2,1-2H3,(H,29,32). The number of urea groups is 1. The van der Waals surface area contributed by atoms with E-state index in [1.54, 1.807) is 60.5 Å². The summed E-state index contributed by atoms with van der Waals surface area (Å²) < 4.78 is 10.6. The fourth-order valence-corrected chi connectivity index (χ4v) is 4.64. The van der Waals surface area contributed by atoms with Crippen LogP contribution in [0.2, 0.25) is 0 Å². The van der Waals surface area contributed by atoms with Gasteiger partial charge in [0.25, 0.3) is 5.91 Å². The van der Waals surface area contributed by atoms with E-state index in [0.717, 1.165) is 19.3 Å². The van der Waals surface area contributed by atoms with Crippen LogP contribution in [0.5, 0.6) is 11.5 Å². The smallest absolute Gasteiger partial charge is 0.332 e. The second-order valence-corrected chi connectivity index (χ2v) is 8.93. The molecule has 2 aliphatic rings. The molecule has 36 heavy (non-hydrogen) atoms. The predicted molar refractivity (Wildman–Crippen MR) is 138 cm³/mol. The first kappa shape index (κ1) is 25.3. The lowest BCUT2D eigenvalue weighted by molar-refractivity contribution is -0.124. The molecule has 2 aromatic carbocycles. The molecule has 2 aromatic rings. The average Bonchev–Trinajstić information content (AvgIpc) is 3.13. The van der Waals surface area contributed by atoms with Crippen LogP contribution < -0.4 is 19.7 Å². The molecule has 0 spiro atoms. The summed E-state index contributed by atoms with van der Waals surface area (Å²) >= 11 is 0. The Kier molecular flexibility index (Phi) is 8.25. The average molecular weight is 492 g/mol. The first-order valence-corrected chi connectivity index (χ1v) is 12.5. The lowest BCUT2D eigenvalue weighted by Gasteiger charge is -2.23. The van der Waals surface area contributed by atoms with Crippen molar-refractivity contribution in [1.29, 1.82) is 0 Å². The van der Waals surface area contributed by atoms with E-state index in [1.165, 1.54) is 16.9 Å². The first-order valence-electron chi connectivity index (χ1n) is 12.5. The van der Waals surface area contributed by atoms with Gasteiger partial charge in [0, 0.05) is 12.2 Å². The molecule has 8 heteroatoms. The Balaban J connectivity index is 1.50. The Morgan fingerprint density at radius 1 is 1.03 bits per heavy atom. The second-order valence-electron chi connectivity index (χ2n) is 8.93. The van der Waals surface area contributed by atoms with Crippen LogP contribution in [0.1, 0.15) is 45.4 Å². The second kappa shape index (κ2) is 11.7. The fraction of sp³-hybridized carbons (Fsp3) is 0.393. The number of hydrogen-bond acceptors (Lipinski definition) is 5. The largest absolute Gasteiger partial charge is 0.497 e. The molecular weight excluding hydrogens is 458 g/mol. The zero-order valence-corrected chi connectivity index (χ0v) is 20.9. The Bertz CT molecular complexity index is 1110. The SMILES string of the molecule is CCOc1ccc(NC(=O)CC2C(=O)N(c3ccc(OC)cc3)C(=O)N2CCC2=CCCCC2)cc1. The molecule has 190 valence electrons. The summed E-state index contributed by atoms with van der Waals surface area (Å²) in [5.41, 5.74) is 2.37. The van der Waals surface area contributed by atoms with Crippen molar-refractivity contribution in [3.63, 3.8) is 0 Å². The van der Waals surface area contributed by atoms with Gasteiger partial charge in [-0.05, 0) is 87.6 Å². The molecule has 0 aromatic heterocycles. The Labute approximate surface area is 211 Å². The van der Waals surface area contributed by atoms with Gasteiger partial charge in [-0.25, -0.2) is 9.69 Å². The Morgan fingerprint density at radius 3 is 2.39 bits per heavy atom. The molecule has 1 heterocycles. The minimum atomic E-state index is -0.869. The molecule has 0 radical (unpaired) electrons. The zero-order valence-electron chi connectivity index (χ0n) is 20.9. The number of allylic oxidation sites excluding steroid dienone is 1. The normalized spacial score (nSPS) is 17.7. The van der Waals surface area contributed by atoms with Crippen LogP contribution in [0.3, 0.4) is 0 Å². The highest BCUT2D eigenvalue weighted by Gasteiger charge is 2.46. The molecule has 0 saturated carbocycles. The molecule has 4 rings (SSSR count). The van der Waals surface area contributed by atoms with Crippen molar-refractivity contribution in [3.05, 3.63) is 60.2 Å². The van der Waals surface area contributed by atoms with Crippen molar-refractivity contribution >= 4 is 29.2 Å². The lowest BCUT2D eigenvalue weighted by Crippen LogP contribution is -2.38. The van der Waals surface area contributed by atoms with Crippen LogP contribution in [0.4, 0.5) is 16.2 Å². The van der Waals surface area contributed by atoms with Crippen molar-refractivity contribution in [1.82, 2.24) is 4.90 Å². The van der Waals surface area contributed by atoms with E-state index in [1.807, 2.05) is 6.92 Å². The highest BCUT2D eigenvalue weighted by molar-refractivity contribution is 6.22. The summed E-state index contributed by atoms with van der Waals surface area (Å²) in [6.07, 6.45) is 7.21. The number of carbonyl (C=O) groups excluding carboxylic acids is 3. The van der Waals surface area contributed by atoms with Gasteiger partial charge in [-0.3, -0.25) is 9.59 Å². The maximum atomic E-state index is 13.5. The van der Waals surface area contributed by atoms with Gasteiger partial charge in [-0.2, -0.15) is 0 Å². The van der Waals surface area contributed by atoms with Gasteiger partial charge in [-0.1, -0.05) is 11.6 Å². The first-order chi connectivity index (χ1) is 17.5. The number of nitrogens with one attached hydrogen (secondary N) is 1. The number of rotatable bonds is 10. The quantitative estimate of drug-likeness (QED) is 0.367. The molecule has 1 aliphatic heterocycles. The van der Waals surface area contributed by atoms with Gasteiger partial charge >= 0.3 is 6.03 Å². The summed E-state index contributed by atoms with van der Waals surface area (Å²) in [5, 5.41) is 2.84. The minimum absolute atomic E-state index is 0.122. The summed E-state index contributed by atoms with van der Waals surface area (Å²) in [6.45, 7) is 2.85. The summed E-state index contributed by atoms with van der Waals surface area (Å²) in [4.78, 5) is 42.5. The number of ether oxygens (including phenoxy) is 2. The maximum absolute atomic E-state index is 13.5. The lowest BCUT2D eigenvalue weighted by atomic mass is 9.97. The van der Waals surface area contributed by atoms with Crippen LogP contribution in [0.25, 0.3) is 0 Å². The van der Waals surface area contributed by atoms with Gasteiger partial charge in [0.1, 0.15) is 17.5 Å². The van der Waals surface area contributed by atoms with Gasteiger partial charge in [0.05, 0.1) is 25.8 Å². The highest BCUT2D eigenvalue weighted by Crippen LogP contribution is 2.30. The third-order valence-corrected chi connectivity index (χ3v) is 6.54. The molecule has 0 bridgehead atoms. The molecule has 1 saturated heterocycles. The van der Waals surface area contributed by atoms with Crippen molar-refractivity contribution < 1.29 is 23.9 Å². The van der Waals surface area contributed by atoms with Crippen molar-refractivity contribution in [2.45, 2.75) is 51.5 Å². The molecule has 1 atom stereocenters. The molecule has 1 fully saturated rings. The molecule has 1 unspecified atom stereocenters. The summed E-state index contributed by atoms with van der Waals surface area (Å²) in [6, 6.07) is 12.6. The van der Waals surface area contributed by atoms with Crippen molar-refractivity contribution in [2.75, 3.05) is 30.5 Å². The van der Waals surface area contributed by atoms with E-state index >= 15 is 0 Å². The Hall–Kier alpha value is -3.81. The van der Waals surface area contributed by atoms with E-state index in [-0.39, 0.29) is 12.3 Å². The predicted octanol–water partition coefficient (Wildman–Crippen LogP) is 5.15. The fourth-order valence-electron chi connectivity index (χ4n) is 4.64. The number of benzene rings is 2. The van der Waals surface area contributed by atoms with Gasteiger partial charge < -0.3 is 19.7 Å². The number of amides is 4. The van der Waals surface area contributed by atoms with Crippen LogP contribution in [0, 0.1) is 0 Å². The van der Waals surface area contributed by atoms with Gasteiger partial charge in [0.15, 0.2) is 0 Å². The van der Waals surface area contributed by atoms with Crippen LogP contribution in [0.15, 0.2) is 60.2 Å².